The molecule has 0 aliphatic carbocycles. The third-order valence-electron chi connectivity index (χ3n) is 1.80. The number of rotatable bonds is 0. The topological polar surface area (TPSA) is 43.1 Å². The van der Waals surface area contributed by atoms with Gasteiger partial charge in [0.25, 0.3) is 0 Å². The number of benzene rings is 1. The van der Waals surface area contributed by atoms with Crippen LogP contribution in [0.5, 0.6) is 0 Å². The summed E-state index contributed by atoms with van der Waals surface area (Å²) in [5.74, 6) is 0.385. The fourth-order valence-corrected chi connectivity index (χ4v) is 2.15. The van der Waals surface area contributed by atoms with E-state index in [1.165, 1.54) is 0 Å². The molecule has 0 N–H and O–H groups in total. The number of hydrogen-bond donors (Lipinski definition) is 0. The molecule has 0 unspecified atom stereocenters. The molecule has 3 nitrogen and oxygen atoms in total. The van der Waals surface area contributed by atoms with Gasteiger partial charge in [-0.3, -0.25) is 0 Å². The van der Waals surface area contributed by atoms with E-state index in [-0.39, 0.29) is 5.63 Å². The van der Waals surface area contributed by atoms with Crippen molar-refractivity contribution in [3.05, 3.63) is 36.5 Å². The summed E-state index contributed by atoms with van der Waals surface area (Å²) in [5, 5.41) is 0.502. The number of hydrogen-bond acceptors (Lipinski definition) is 3. The first-order valence-corrected chi connectivity index (χ1v) is 5.72. The average molecular weight is 366 g/mol. The van der Waals surface area contributed by atoms with Gasteiger partial charge in [-0.2, -0.15) is 0 Å². The van der Waals surface area contributed by atoms with Gasteiger partial charge in [-0.25, -0.2) is 9.78 Å². The Hall–Kier alpha value is -0.430. The number of halogens is 2. The van der Waals surface area contributed by atoms with Gasteiger partial charge in [-0.05, 0) is 50.7 Å². The highest BCUT2D eigenvalue weighted by atomic mass is 127. The third-order valence-corrected chi connectivity index (χ3v) is 4.26. The van der Waals surface area contributed by atoms with Crippen molar-refractivity contribution in [1.29, 1.82) is 0 Å². The van der Waals surface area contributed by atoms with Gasteiger partial charge in [0.05, 0.1) is 5.52 Å². The van der Waals surface area contributed by atoms with E-state index in [4.69, 9.17) is 4.42 Å². The zero-order valence-corrected chi connectivity index (χ0v) is 10.9. The van der Waals surface area contributed by atoms with Crippen molar-refractivity contribution in [3.8, 4) is 0 Å². The number of nitrogens with zero attached hydrogens (tertiary/aromatic N) is 1. The Morgan fingerprint density at radius 3 is 2.93 bits per heavy atom. The Morgan fingerprint density at radius 1 is 1.50 bits per heavy atom. The largest absolute Gasteiger partial charge is 0.408 e. The van der Waals surface area contributed by atoms with Crippen molar-refractivity contribution in [3.63, 3.8) is 0 Å². The maximum absolute atomic E-state index is 11.5. The smallest absolute Gasteiger partial charge is 0.348 e. The third kappa shape index (κ3) is 1.58. The molecule has 2 rings (SSSR count). The second kappa shape index (κ2) is 3.62. The van der Waals surface area contributed by atoms with Gasteiger partial charge < -0.3 is 4.42 Å². The first-order valence-electron chi connectivity index (χ1n) is 3.85. The fraction of sp³-hybridized carbons (Fsp3) is 0.111. The van der Waals surface area contributed by atoms with Gasteiger partial charge in [-0.15, -0.1) is 0 Å². The van der Waals surface area contributed by atoms with Crippen LogP contribution in [0.15, 0.2) is 25.8 Å². The van der Waals surface area contributed by atoms with Crippen LogP contribution in [0.4, 0.5) is 0 Å². The highest BCUT2D eigenvalue weighted by Crippen LogP contribution is 2.25. The summed E-state index contributed by atoms with van der Waals surface area (Å²) in [6.07, 6.45) is 0. The van der Waals surface area contributed by atoms with E-state index in [9.17, 15) is 4.79 Å². The SMILES string of the molecule is Cc1nc2ccc(I)c(Br)c2c(=O)o1. The molecule has 0 aliphatic rings. The van der Waals surface area contributed by atoms with Crippen LogP contribution in [-0.2, 0) is 0 Å². The van der Waals surface area contributed by atoms with Crippen LogP contribution in [0.3, 0.4) is 0 Å². The number of aryl methyl sites for hydroxylation is 1. The van der Waals surface area contributed by atoms with Crippen LogP contribution >= 0.6 is 38.5 Å². The van der Waals surface area contributed by atoms with Gasteiger partial charge in [0.1, 0.15) is 5.39 Å². The summed E-state index contributed by atoms with van der Waals surface area (Å²) in [5.41, 5.74) is 0.309. The van der Waals surface area contributed by atoms with E-state index in [0.29, 0.717) is 16.8 Å². The van der Waals surface area contributed by atoms with E-state index >= 15 is 0 Å². The van der Waals surface area contributed by atoms with Crippen molar-refractivity contribution in [1.82, 2.24) is 4.98 Å². The summed E-state index contributed by atoms with van der Waals surface area (Å²) in [7, 11) is 0. The Labute approximate surface area is 102 Å². The molecule has 0 saturated heterocycles. The molecule has 14 heavy (non-hydrogen) atoms. The second-order valence-electron chi connectivity index (χ2n) is 2.78. The van der Waals surface area contributed by atoms with Gasteiger partial charge in [0.2, 0.25) is 0 Å². The molecule has 1 aromatic carbocycles. The zero-order valence-electron chi connectivity index (χ0n) is 7.17. The molecule has 0 fully saturated rings. The van der Waals surface area contributed by atoms with Gasteiger partial charge >= 0.3 is 5.63 Å². The Kier molecular flexibility index (Phi) is 2.61. The zero-order chi connectivity index (χ0) is 10.3. The van der Waals surface area contributed by atoms with Crippen molar-refractivity contribution in [2.75, 3.05) is 0 Å². The van der Waals surface area contributed by atoms with Crippen molar-refractivity contribution in [2.45, 2.75) is 6.92 Å². The maximum atomic E-state index is 11.5. The summed E-state index contributed by atoms with van der Waals surface area (Å²) in [6.45, 7) is 1.66. The number of aromatic nitrogens is 1. The minimum atomic E-state index is -0.349. The molecule has 72 valence electrons. The Morgan fingerprint density at radius 2 is 2.21 bits per heavy atom. The average Bonchev–Trinajstić information content (AvgIpc) is 2.10. The molecule has 0 saturated carbocycles. The standard InChI is InChI=1S/C9H5BrINO2/c1-4-12-6-3-2-5(11)8(10)7(6)9(13)14-4/h2-3H,1H3. The van der Waals surface area contributed by atoms with Crippen LogP contribution in [0.25, 0.3) is 10.9 Å². The second-order valence-corrected chi connectivity index (χ2v) is 4.73. The molecule has 0 atom stereocenters. The Bertz CT molecular complexity index is 564. The van der Waals surface area contributed by atoms with Gasteiger partial charge in [0, 0.05) is 15.0 Å². The van der Waals surface area contributed by atoms with Crippen LogP contribution in [0.1, 0.15) is 5.89 Å². The lowest BCUT2D eigenvalue weighted by Gasteiger charge is -2.01. The lowest BCUT2D eigenvalue weighted by molar-refractivity contribution is 0.467. The van der Waals surface area contributed by atoms with Crippen molar-refractivity contribution < 1.29 is 4.42 Å². The lowest BCUT2D eigenvalue weighted by Crippen LogP contribution is -2.04. The highest BCUT2D eigenvalue weighted by Gasteiger charge is 2.09. The molecule has 0 aliphatic heterocycles. The van der Waals surface area contributed by atoms with E-state index < -0.39 is 0 Å². The van der Waals surface area contributed by atoms with Crippen LogP contribution in [-0.4, -0.2) is 4.98 Å². The summed E-state index contributed by atoms with van der Waals surface area (Å²) < 4.78 is 6.64. The van der Waals surface area contributed by atoms with E-state index in [1.54, 1.807) is 6.92 Å². The first kappa shape index (κ1) is 10.1. The Balaban J connectivity index is 3.03. The predicted octanol–water partition coefficient (Wildman–Crippen LogP) is 2.86. The van der Waals surface area contributed by atoms with E-state index in [2.05, 4.69) is 43.5 Å². The highest BCUT2D eigenvalue weighted by molar-refractivity contribution is 14.1. The van der Waals surface area contributed by atoms with E-state index in [0.717, 1.165) is 8.04 Å². The van der Waals surface area contributed by atoms with E-state index in [1.807, 2.05) is 12.1 Å². The summed E-state index contributed by atoms with van der Waals surface area (Å²) in [6, 6.07) is 3.71. The molecule has 0 amide bonds. The van der Waals surface area contributed by atoms with Crippen molar-refractivity contribution >= 4 is 49.4 Å². The van der Waals surface area contributed by atoms with Crippen LogP contribution < -0.4 is 5.63 Å². The molecular weight excluding hydrogens is 361 g/mol. The fourth-order valence-electron chi connectivity index (χ4n) is 1.21. The quantitative estimate of drug-likeness (QED) is 0.674. The summed E-state index contributed by atoms with van der Waals surface area (Å²) in [4.78, 5) is 15.7. The molecule has 0 bridgehead atoms. The molecule has 1 heterocycles. The van der Waals surface area contributed by atoms with Crippen molar-refractivity contribution in [2.24, 2.45) is 0 Å². The minimum Gasteiger partial charge on any atom is -0.408 e. The molecular formula is C9H5BrINO2. The maximum Gasteiger partial charge on any atom is 0.348 e. The van der Waals surface area contributed by atoms with Crippen LogP contribution in [0, 0.1) is 10.5 Å². The monoisotopic (exact) mass is 365 g/mol. The first-order chi connectivity index (χ1) is 6.59. The van der Waals surface area contributed by atoms with Gasteiger partial charge in [0.15, 0.2) is 5.89 Å². The lowest BCUT2D eigenvalue weighted by atomic mass is 10.2. The predicted molar refractivity (Wildman–Crippen MR) is 65.4 cm³/mol. The summed E-state index contributed by atoms with van der Waals surface area (Å²) >= 11 is 5.49. The molecule has 5 heteroatoms. The molecule has 1 aromatic heterocycles. The van der Waals surface area contributed by atoms with Gasteiger partial charge in [-0.1, -0.05) is 0 Å². The van der Waals surface area contributed by atoms with Crippen LogP contribution in [0.2, 0.25) is 0 Å². The molecule has 0 radical (unpaired) electrons. The number of fused-ring (bicyclic) bond motifs is 1. The molecule has 0 spiro atoms. The normalized spacial score (nSPS) is 10.8. The minimum absolute atomic E-state index is 0.349. The molecule has 2 aromatic rings.